The fraction of sp³-hybridized carbons (Fsp3) is 0.625. The first-order valence-corrected chi connectivity index (χ1v) is 5.45. The van der Waals surface area contributed by atoms with Crippen molar-refractivity contribution in [2.75, 3.05) is 0 Å². The molecule has 0 amide bonds. The second kappa shape index (κ2) is 3.71. The predicted molar refractivity (Wildman–Crippen MR) is 49.8 cm³/mol. The summed E-state index contributed by atoms with van der Waals surface area (Å²) in [5.74, 6) is -0.846. The minimum atomic E-state index is -0.846. The van der Waals surface area contributed by atoms with E-state index in [0.29, 0.717) is 10.6 Å². The normalized spacial score (nSPS) is 12.3. The van der Waals surface area contributed by atoms with Crippen LogP contribution in [0.3, 0.4) is 0 Å². The minimum absolute atomic E-state index is 0.321. The highest BCUT2D eigenvalue weighted by molar-refractivity contribution is 6.41. The number of rotatable bonds is 3. The number of carboxylic acid groups (broad SMARTS) is 1. The highest BCUT2D eigenvalue weighted by Gasteiger charge is 2.13. The molecule has 0 spiro atoms. The lowest BCUT2D eigenvalue weighted by Gasteiger charge is -2.16. The second-order valence-corrected chi connectivity index (χ2v) is 7.09. The highest BCUT2D eigenvalue weighted by atomic mass is 28.2. The summed E-state index contributed by atoms with van der Waals surface area (Å²) in [4.78, 5) is 10.3. The standard InChI is InChI=1S/C8H16O2Si/c1-6(7(9)10)5-11-8(2,3)4/h1,5,11H2,2-4H3,(H,9,10). The van der Waals surface area contributed by atoms with Gasteiger partial charge < -0.3 is 5.11 Å². The lowest BCUT2D eigenvalue weighted by atomic mass is 10.2. The molecule has 0 heterocycles. The summed E-state index contributed by atoms with van der Waals surface area (Å²) in [6.07, 6.45) is 0. The van der Waals surface area contributed by atoms with Gasteiger partial charge in [-0.1, -0.05) is 27.4 Å². The molecule has 11 heavy (non-hydrogen) atoms. The number of carbonyl (C=O) groups is 1. The van der Waals surface area contributed by atoms with Crippen LogP contribution in [0.5, 0.6) is 0 Å². The van der Waals surface area contributed by atoms with Crippen LogP contribution in [0.25, 0.3) is 0 Å². The average molecular weight is 172 g/mol. The topological polar surface area (TPSA) is 37.3 Å². The minimum Gasteiger partial charge on any atom is -0.478 e. The SMILES string of the molecule is C=C(C[SiH2]C(C)(C)C)C(=O)O. The van der Waals surface area contributed by atoms with Gasteiger partial charge in [-0.15, -0.1) is 0 Å². The van der Waals surface area contributed by atoms with E-state index in [-0.39, 0.29) is 9.52 Å². The Morgan fingerprint density at radius 3 is 2.27 bits per heavy atom. The molecule has 3 heteroatoms. The zero-order valence-electron chi connectivity index (χ0n) is 7.48. The summed E-state index contributed by atoms with van der Waals surface area (Å²) in [7, 11) is -0.321. The van der Waals surface area contributed by atoms with Crippen LogP contribution in [0.2, 0.25) is 11.1 Å². The van der Waals surface area contributed by atoms with Gasteiger partial charge in [0, 0.05) is 15.1 Å². The molecule has 0 bridgehead atoms. The molecule has 0 unspecified atom stereocenters. The molecule has 0 aromatic carbocycles. The molecule has 0 rings (SSSR count). The Morgan fingerprint density at radius 2 is 2.00 bits per heavy atom. The van der Waals surface area contributed by atoms with Crippen LogP contribution in [0, 0.1) is 0 Å². The molecule has 0 aliphatic rings. The molecule has 0 saturated heterocycles. The van der Waals surface area contributed by atoms with Gasteiger partial charge in [-0.05, 0) is 11.1 Å². The van der Waals surface area contributed by atoms with Crippen LogP contribution in [-0.2, 0) is 4.79 Å². The van der Waals surface area contributed by atoms with Gasteiger partial charge in [-0.2, -0.15) is 0 Å². The Bertz CT molecular complexity index is 167. The summed E-state index contributed by atoms with van der Waals surface area (Å²) in [5.41, 5.74) is 0.367. The molecular weight excluding hydrogens is 156 g/mol. The fourth-order valence-electron chi connectivity index (χ4n) is 0.633. The van der Waals surface area contributed by atoms with Crippen molar-refractivity contribution in [3.05, 3.63) is 12.2 Å². The Labute approximate surface area is 70.1 Å². The van der Waals surface area contributed by atoms with Crippen molar-refractivity contribution in [1.82, 2.24) is 0 Å². The number of aliphatic carboxylic acids is 1. The van der Waals surface area contributed by atoms with Crippen molar-refractivity contribution < 1.29 is 9.90 Å². The second-order valence-electron chi connectivity index (χ2n) is 3.97. The van der Waals surface area contributed by atoms with E-state index in [9.17, 15) is 4.79 Å². The molecule has 0 fully saturated rings. The molecule has 0 aliphatic carbocycles. The van der Waals surface area contributed by atoms with E-state index in [1.807, 2.05) is 0 Å². The Balaban J connectivity index is 3.73. The molecule has 2 nitrogen and oxygen atoms in total. The molecule has 64 valence electrons. The molecule has 0 aromatic rings. The molecule has 0 radical (unpaired) electrons. The van der Waals surface area contributed by atoms with Gasteiger partial charge in [0.15, 0.2) is 0 Å². The van der Waals surface area contributed by atoms with Gasteiger partial charge in [0.25, 0.3) is 0 Å². The van der Waals surface area contributed by atoms with E-state index in [1.54, 1.807) is 0 Å². The fourth-order valence-corrected chi connectivity index (χ4v) is 1.90. The number of carboxylic acids is 1. The average Bonchev–Trinajstić information content (AvgIpc) is 1.80. The molecule has 1 N–H and O–H groups in total. The van der Waals surface area contributed by atoms with E-state index in [1.165, 1.54) is 0 Å². The van der Waals surface area contributed by atoms with Gasteiger partial charge in [0.1, 0.15) is 0 Å². The Hall–Kier alpha value is -0.573. The van der Waals surface area contributed by atoms with Crippen molar-refractivity contribution >= 4 is 15.5 Å². The predicted octanol–water partition coefficient (Wildman–Crippen LogP) is 1.43. The van der Waals surface area contributed by atoms with Gasteiger partial charge in [0.2, 0.25) is 0 Å². The van der Waals surface area contributed by atoms with E-state index in [2.05, 4.69) is 27.4 Å². The number of hydrogen-bond acceptors (Lipinski definition) is 1. The lowest BCUT2D eigenvalue weighted by Crippen LogP contribution is -2.11. The van der Waals surface area contributed by atoms with Crippen molar-refractivity contribution in [3.8, 4) is 0 Å². The first kappa shape index (κ1) is 10.4. The summed E-state index contributed by atoms with van der Waals surface area (Å²) in [5, 5.41) is 8.83. The Morgan fingerprint density at radius 1 is 1.55 bits per heavy atom. The monoisotopic (exact) mass is 172 g/mol. The largest absolute Gasteiger partial charge is 0.478 e. The van der Waals surface area contributed by atoms with Crippen LogP contribution in [0.1, 0.15) is 20.8 Å². The van der Waals surface area contributed by atoms with Crippen molar-refractivity contribution in [3.63, 3.8) is 0 Å². The van der Waals surface area contributed by atoms with Crippen LogP contribution in [-0.4, -0.2) is 20.6 Å². The van der Waals surface area contributed by atoms with E-state index < -0.39 is 5.97 Å². The lowest BCUT2D eigenvalue weighted by molar-refractivity contribution is -0.132. The first-order valence-electron chi connectivity index (χ1n) is 3.74. The van der Waals surface area contributed by atoms with Gasteiger partial charge in [0.05, 0.1) is 0 Å². The summed E-state index contributed by atoms with van der Waals surface area (Å²) >= 11 is 0. The van der Waals surface area contributed by atoms with Gasteiger partial charge >= 0.3 is 5.97 Å². The zero-order chi connectivity index (χ0) is 9.07. The van der Waals surface area contributed by atoms with Crippen molar-refractivity contribution in [2.45, 2.75) is 31.9 Å². The molecule has 0 saturated carbocycles. The molecule has 0 atom stereocenters. The third-order valence-corrected chi connectivity index (χ3v) is 3.83. The molecule has 0 aromatic heterocycles. The third-order valence-electron chi connectivity index (χ3n) is 1.48. The smallest absolute Gasteiger partial charge is 0.330 e. The Kier molecular flexibility index (Phi) is 3.52. The van der Waals surface area contributed by atoms with Crippen molar-refractivity contribution in [1.29, 1.82) is 0 Å². The zero-order valence-corrected chi connectivity index (χ0v) is 8.89. The maximum atomic E-state index is 10.3. The van der Waals surface area contributed by atoms with Crippen LogP contribution in [0.4, 0.5) is 0 Å². The third kappa shape index (κ3) is 5.85. The van der Waals surface area contributed by atoms with Crippen molar-refractivity contribution in [2.24, 2.45) is 0 Å². The van der Waals surface area contributed by atoms with Crippen LogP contribution < -0.4 is 0 Å². The van der Waals surface area contributed by atoms with Crippen LogP contribution in [0.15, 0.2) is 12.2 Å². The highest BCUT2D eigenvalue weighted by Crippen LogP contribution is 2.22. The molecule has 0 aliphatic heterocycles. The van der Waals surface area contributed by atoms with Gasteiger partial charge in [-0.25, -0.2) is 4.79 Å². The van der Waals surface area contributed by atoms with Crippen LogP contribution >= 0.6 is 0 Å². The maximum Gasteiger partial charge on any atom is 0.330 e. The quantitative estimate of drug-likeness (QED) is 0.516. The summed E-state index contributed by atoms with van der Waals surface area (Å²) in [6, 6.07) is 0.721. The molecular formula is C8H16O2Si. The van der Waals surface area contributed by atoms with Gasteiger partial charge in [-0.3, -0.25) is 0 Å². The van der Waals surface area contributed by atoms with E-state index in [0.717, 1.165) is 6.04 Å². The maximum absolute atomic E-state index is 10.3. The number of hydrogen-bond donors (Lipinski definition) is 1. The summed E-state index contributed by atoms with van der Waals surface area (Å²) < 4.78 is 0. The van der Waals surface area contributed by atoms with E-state index in [4.69, 9.17) is 5.11 Å². The first-order chi connectivity index (χ1) is 4.83. The van der Waals surface area contributed by atoms with E-state index >= 15 is 0 Å². The summed E-state index contributed by atoms with van der Waals surface area (Å²) in [6.45, 7) is 9.93.